The molecule has 1 aliphatic heterocycles. The average Bonchev–Trinajstić information content (AvgIpc) is 2.92. The molecule has 2 rings (SSSR count). The molecule has 1 N–H and O–H groups in total. The molecule has 20 heavy (non-hydrogen) atoms. The van der Waals surface area contributed by atoms with Gasteiger partial charge in [0.25, 0.3) is 0 Å². The molecule has 1 aliphatic rings. The number of rotatable bonds is 8. The Morgan fingerprint density at radius 1 is 1.40 bits per heavy atom. The number of piperidine rings is 1. The summed E-state index contributed by atoms with van der Waals surface area (Å²) in [7, 11) is 3.70. The number of hydrogen-bond acceptors (Lipinski definition) is 6. The lowest BCUT2D eigenvalue weighted by atomic mass is 9.93. The monoisotopic (exact) mass is 282 g/mol. The fourth-order valence-electron chi connectivity index (χ4n) is 2.62. The van der Waals surface area contributed by atoms with Gasteiger partial charge in [0, 0.05) is 13.5 Å². The van der Waals surface area contributed by atoms with Gasteiger partial charge in [-0.2, -0.15) is 4.98 Å². The van der Waals surface area contributed by atoms with Crippen LogP contribution in [0, 0.1) is 5.92 Å². The maximum Gasteiger partial charge on any atom is 0.240 e. The molecule has 0 atom stereocenters. The molecule has 0 spiro atoms. The third-order valence-electron chi connectivity index (χ3n) is 3.91. The van der Waals surface area contributed by atoms with Crippen molar-refractivity contribution in [3.63, 3.8) is 0 Å². The van der Waals surface area contributed by atoms with Gasteiger partial charge in [-0.1, -0.05) is 5.16 Å². The van der Waals surface area contributed by atoms with E-state index >= 15 is 0 Å². The zero-order valence-corrected chi connectivity index (χ0v) is 12.6. The van der Waals surface area contributed by atoms with Gasteiger partial charge in [-0.05, 0) is 51.9 Å². The molecule has 6 nitrogen and oxygen atoms in total. The number of hydrogen-bond donors (Lipinski definition) is 1. The average molecular weight is 282 g/mol. The molecule has 0 bridgehead atoms. The van der Waals surface area contributed by atoms with Crippen molar-refractivity contribution < 1.29 is 9.26 Å². The van der Waals surface area contributed by atoms with Gasteiger partial charge >= 0.3 is 0 Å². The lowest BCUT2D eigenvalue weighted by Gasteiger charge is -2.30. The van der Waals surface area contributed by atoms with E-state index in [1.165, 1.54) is 19.3 Å². The van der Waals surface area contributed by atoms with Crippen LogP contribution in [0.3, 0.4) is 0 Å². The van der Waals surface area contributed by atoms with Crippen molar-refractivity contribution in [2.75, 3.05) is 40.4 Å². The zero-order chi connectivity index (χ0) is 14.2. The zero-order valence-electron chi connectivity index (χ0n) is 12.6. The maximum absolute atomic E-state index is 5.29. The van der Waals surface area contributed by atoms with E-state index in [9.17, 15) is 0 Å². The molecule has 1 fully saturated rings. The van der Waals surface area contributed by atoms with Crippen molar-refractivity contribution in [3.05, 3.63) is 11.7 Å². The summed E-state index contributed by atoms with van der Waals surface area (Å²) in [5, 5.41) is 7.20. The van der Waals surface area contributed by atoms with Gasteiger partial charge in [0.1, 0.15) is 0 Å². The van der Waals surface area contributed by atoms with Crippen molar-refractivity contribution in [2.24, 2.45) is 5.92 Å². The normalized spacial score (nSPS) is 17.7. The highest BCUT2D eigenvalue weighted by atomic mass is 16.5. The second kappa shape index (κ2) is 8.34. The summed E-state index contributed by atoms with van der Waals surface area (Å²) in [6.07, 6.45) is 4.54. The van der Waals surface area contributed by atoms with Crippen LogP contribution in [0.4, 0.5) is 0 Å². The molecule has 2 heterocycles. The van der Waals surface area contributed by atoms with Crippen molar-refractivity contribution in [1.82, 2.24) is 20.4 Å². The van der Waals surface area contributed by atoms with Crippen molar-refractivity contribution in [2.45, 2.75) is 32.2 Å². The van der Waals surface area contributed by atoms with Gasteiger partial charge in [0.2, 0.25) is 5.89 Å². The minimum absolute atomic E-state index is 0.635. The van der Waals surface area contributed by atoms with E-state index in [0.717, 1.165) is 43.8 Å². The fraction of sp³-hybridized carbons (Fsp3) is 0.857. The van der Waals surface area contributed by atoms with E-state index in [0.29, 0.717) is 13.0 Å². The van der Waals surface area contributed by atoms with Gasteiger partial charge in [0.15, 0.2) is 5.82 Å². The van der Waals surface area contributed by atoms with Crippen molar-refractivity contribution in [3.8, 4) is 0 Å². The van der Waals surface area contributed by atoms with Gasteiger partial charge in [-0.3, -0.25) is 4.90 Å². The Balaban J connectivity index is 1.70. The van der Waals surface area contributed by atoms with Crippen LogP contribution in [-0.4, -0.2) is 55.4 Å². The van der Waals surface area contributed by atoms with Crippen LogP contribution in [0.5, 0.6) is 0 Å². The second-order valence-corrected chi connectivity index (χ2v) is 5.46. The summed E-state index contributed by atoms with van der Waals surface area (Å²) in [5.41, 5.74) is 0. The molecular weight excluding hydrogens is 256 g/mol. The number of likely N-dealkylation sites (tertiary alicyclic amines) is 1. The highest BCUT2D eigenvalue weighted by Gasteiger charge is 2.20. The number of nitrogens with zero attached hydrogens (tertiary/aromatic N) is 3. The highest BCUT2D eigenvalue weighted by molar-refractivity contribution is 4.87. The molecule has 114 valence electrons. The first-order valence-corrected chi connectivity index (χ1v) is 7.49. The molecule has 1 saturated heterocycles. The van der Waals surface area contributed by atoms with Crippen LogP contribution < -0.4 is 5.32 Å². The fourth-order valence-corrected chi connectivity index (χ4v) is 2.62. The molecule has 1 aromatic heterocycles. The lowest BCUT2D eigenvalue weighted by molar-refractivity contribution is 0.155. The van der Waals surface area contributed by atoms with Crippen molar-refractivity contribution in [1.29, 1.82) is 0 Å². The van der Waals surface area contributed by atoms with E-state index in [2.05, 4.69) is 20.4 Å². The Bertz CT molecular complexity index is 375. The van der Waals surface area contributed by atoms with Gasteiger partial charge in [-0.15, -0.1) is 0 Å². The number of methoxy groups -OCH3 is 1. The predicted molar refractivity (Wildman–Crippen MR) is 76.4 cm³/mol. The number of ether oxygens (including phenoxy) is 1. The number of nitrogens with one attached hydrogen (secondary N) is 1. The summed E-state index contributed by atoms with van der Waals surface area (Å²) in [4.78, 5) is 6.81. The van der Waals surface area contributed by atoms with E-state index < -0.39 is 0 Å². The van der Waals surface area contributed by atoms with Crippen LogP contribution in [0.2, 0.25) is 0 Å². The minimum Gasteiger partial charge on any atom is -0.384 e. The Morgan fingerprint density at radius 3 is 2.90 bits per heavy atom. The summed E-state index contributed by atoms with van der Waals surface area (Å²) in [6, 6.07) is 0. The van der Waals surface area contributed by atoms with Gasteiger partial charge in [0.05, 0.1) is 13.2 Å². The van der Waals surface area contributed by atoms with E-state index in [1.54, 1.807) is 7.11 Å². The standard InChI is InChI=1S/C14H26N4O2/c1-15-7-3-12-4-8-18(9-5-12)11-14-16-13(17-20-14)6-10-19-2/h12,15H,3-11H2,1-2H3. The van der Waals surface area contributed by atoms with Gasteiger partial charge in [-0.25, -0.2) is 0 Å². The molecule has 0 aromatic carbocycles. The molecule has 1 aromatic rings. The van der Waals surface area contributed by atoms with Crippen LogP contribution in [-0.2, 0) is 17.7 Å². The molecule has 0 amide bonds. The van der Waals surface area contributed by atoms with Crippen LogP contribution >= 0.6 is 0 Å². The first-order valence-electron chi connectivity index (χ1n) is 7.49. The Morgan fingerprint density at radius 2 is 2.20 bits per heavy atom. The third-order valence-corrected chi connectivity index (χ3v) is 3.91. The number of aromatic nitrogens is 2. The molecule has 0 aliphatic carbocycles. The Labute approximate surface area is 120 Å². The molecular formula is C14H26N4O2. The predicted octanol–water partition coefficient (Wildman–Crippen LogP) is 1.08. The molecule has 6 heteroatoms. The van der Waals surface area contributed by atoms with E-state index in [1.807, 2.05) is 7.05 Å². The summed E-state index contributed by atoms with van der Waals surface area (Å²) in [5.74, 6) is 2.33. The smallest absolute Gasteiger partial charge is 0.240 e. The van der Waals surface area contributed by atoms with Crippen LogP contribution in [0.25, 0.3) is 0 Å². The molecule has 0 radical (unpaired) electrons. The summed E-state index contributed by atoms with van der Waals surface area (Å²) in [6.45, 7) is 4.79. The highest BCUT2D eigenvalue weighted by Crippen LogP contribution is 2.21. The van der Waals surface area contributed by atoms with Crippen LogP contribution in [0.15, 0.2) is 4.52 Å². The third kappa shape index (κ3) is 4.85. The first-order chi connectivity index (χ1) is 9.81. The van der Waals surface area contributed by atoms with Crippen LogP contribution in [0.1, 0.15) is 31.0 Å². The second-order valence-electron chi connectivity index (χ2n) is 5.46. The molecule has 0 unspecified atom stereocenters. The quantitative estimate of drug-likeness (QED) is 0.770. The minimum atomic E-state index is 0.635. The first kappa shape index (κ1) is 15.4. The SMILES string of the molecule is CNCCC1CCN(Cc2nc(CCOC)no2)CC1. The van der Waals surface area contributed by atoms with E-state index in [4.69, 9.17) is 9.26 Å². The van der Waals surface area contributed by atoms with E-state index in [-0.39, 0.29) is 0 Å². The summed E-state index contributed by atoms with van der Waals surface area (Å²) < 4.78 is 10.3. The lowest BCUT2D eigenvalue weighted by Crippen LogP contribution is -2.34. The maximum atomic E-state index is 5.29. The summed E-state index contributed by atoms with van der Waals surface area (Å²) >= 11 is 0. The Kier molecular flexibility index (Phi) is 6.42. The molecule has 0 saturated carbocycles. The Hall–Kier alpha value is -0.980. The topological polar surface area (TPSA) is 63.4 Å². The van der Waals surface area contributed by atoms with Gasteiger partial charge < -0.3 is 14.6 Å². The van der Waals surface area contributed by atoms with Crippen molar-refractivity contribution >= 4 is 0 Å². The largest absolute Gasteiger partial charge is 0.384 e.